The molecule has 0 amide bonds. The lowest BCUT2D eigenvalue weighted by atomic mass is 9.92. The summed E-state index contributed by atoms with van der Waals surface area (Å²) in [5.41, 5.74) is 11.4. The summed E-state index contributed by atoms with van der Waals surface area (Å²) in [6, 6.07) is 31.3. The molecule has 252 valence electrons. The zero-order chi connectivity index (χ0) is 34.8. The first-order valence-corrected chi connectivity index (χ1v) is 17.8. The molecule has 6 rings (SSSR count). The second-order valence-electron chi connectivity index (χ2n) is 14.4. The molecule has 0 saturated carbocycles. The summed E-state index contributed by atoms with van der Waals surface area (Å²) < 4.78 is 4.55. The molecule has 5 nitrogen and oxygen atoms in total. The van der Waals surface area contributed by atoms with Gasteiger partial charge in [0, 0.05) is 18.0 Å². The fourth-order valence-electron chi connectivity index (χ4n) is 6.92. The van der Waals surface area contributed by atoms with E-state index in [0.717, 1.165) is 46.3 Å². The lowest BCUT2D eigenvalue weighted by Gasteiger charge is -2.22. The quantitative estimate of drug-likeness (QED) is 0.152. The van der Waals surface area contributed by atoms with Crippen LogP contribution in [0.25, 0.3) is 34.2 Å². The Bertz CT molecular complexity index is 1990. The van der Waals surface area contributed by atoms with Crippen LogP contribution in [0.4, 0.5) is 0 Å². The Labute approximate surface area is 292 Å². The predicted molar refractivity (Wildman–Crippen MR) is 203 cm³/mol. The molecule has 5 heteroatoms. The van der Waals surface area contributed by atoms with Gasteiger partial charge in [0.25, 0.3) is 0 Å². The van der Waals surface area contributed by atoms with E-state index in [1.807, 2.05) is 18.2 Å². The highest BCUT2D eigenvalue weighted by atomic mass is 16.3. The Kier molecular flexibility index (Phi) is 9.91. The van der Waals surface area contributed by atoms with Gasteiger partial charge >= 0.3 is 0 Å². The molecular weight excluding hydrogens is 601 g/mol. The van der Waals surface area contributed by atoms with Crippen molar-refractivity contribution in [3.63, 3.8) is 0 Å². The average Bonchev–Trinajstić information content (AvgIpc) is 3.71. The first-order chi connectivity index (χ1) is 23.5. The first kappa shape index (κ1) is 34.0. The molecule has 0 atom stereocenters. The molecule has 0 unspecified atom stereocenters. The Morgan fingerprint density at radius 2 is 0.898 bits per heavy atom. The number of hydrogen-bond donors (Lipinski definition) is 1. The number of aromatic hydroxyl groups is 1. The molecule has 6 aromatic rings. The second-order valence-corrected chi connectivity index (χ2v) is 14.4. The molecule has 1 N–H and O–H groups in total. The molecule has 2 heterocycles. The zero-order valence-electron chi connectivity index (χ0n) is 30.3. The van der Waals surface area contributed by atoms with Gasteiger partial charge in [-0.25, -0.2) is 9.97 Å². The van der Waals surface area contributed by atoms with Gasteiger partial charge in [-0.15, -0.1) is 0 Å². The number of benzene rings is 4. The lowest BCUT2D eigenvalue weighted by molar-refractivity contribution is 0.476. The Hall–Kier alpha value is -4.90. The van der Waals surface area contributed by atoms with Crippen LogP contribution in [0.2, 0.25) is 0 Å². The van der Waals surface area contributed by atoms with Crippen LogP contribution in [0.1, 0.15) is 113 Å². The number of phenolic OH excluding ortho intramolecular Hbond substituents is 1. The van der Waals surface area contributed by atoms with Gasteiger partial charge in [0.05, 0.1) is 28.3 Å². The van der Waals surface area contributed by atoms with Gasteiger partial charge in [-0.3, -0.25) is 9.13 Å². The third-order valence-corrected chi connectivity index (χ3v) is 9.49. The minimum absolute atomic E-state index is 0.227. The molecule has 4 aromatic carbocycles. The van der Waals surface area contributed by atoms with Gasteiger partial charge in [-0.1, -0.05) is 134 Å². The molecule has 49 heavy (non-hydrogen) atoms. The number of para-hydroxylation sites is 3. The highest BCUT2D eigenvalue weighted by Gasteiger charge is 2.23. The number of rotatable bonds is 11. The third-order valence-electron chi connectivity index (χ3n) is 9.49. The van der Waals surface area contributed by atoms with Crippen molar-refractivity contribution in [3.8, 4) is 39.9 Å². The summed E-state index contributed by atoms with van der Waals surface area (Å²) in [5.74, 6) is 3.31. The molecule has 0 spiro atoms. The first-order valence-electron chi connectivity index (χ1n) is 17.8. The zero-order valence-corrected chi connectivity index (χ0v) is 30.3. The molecule has 0 fully saturated rings. The Morgan fingerprint density at radius 3 is 1.35 bits per heavy atom. The number of aromatic nitrogens is 4. The van der Waals surface area contributed by atoms with Gasteiger partial charge in [0.1, 0.15) is 17.4 Å². The van der Waals surface area contributed by atoms with E-state index in [2.05, 4.69) is 144 Å². The second kappa shape index (κ2) is 14.3. The van der Waals surface area contributed by atoms with Gasteiger partial charge in [-0.05, 0) is 70.9 Å². The molecule has 2 aromatic heterocycles. The number of hydrogen-bond acceptors (Lipinski definition) is 3. The van der Waals surface area contributed by atoms with Crippen LogP contribution in [-0.4, -0.2) is 24.2 Å². The van der Waals surface area contributed by atoms with Crippen molar-refractivity contribution < 1.29 is 5.11 Å². The average molecular weight is 651 g/mol. The van der Waals surface area contributed by atoms with Crippen molar-refractivity contribution in [3.05, 3.63) is 137 Å². The van der Waals surface area contributed by atoms with Crippen LogP contribution < -0.4 is 0 Å². The van der Waals surface area contributed by atoms with E-state index in [4.69, 9.17) is 9.97 Å². The number of nitrogens with zero attached hydrogens (tertiary/aromatic N) is 4. The number of phenols is 1. The van der Waals surface area contributed by atoms with Crippen LogP contribution in [0.3, 0.4) is 0 Å². The van der Waals surface area contributed by atoms with Gasteiger partial charge in [0.2, 0.25) is 0 Å². The van der Waals surface area contributed by atoms with Crippen molar-refractivity contribution in [2.45, 2.75) is 91.9 Å². The van der Waals surface area contributed by atoms with Crippen LogP contribution >= 0.6 is 0 Å². The number of aryl methyl sites for hydroxylation is 2. The predicted octanol–water partition coefficient (Wildman–Crippen LogP) is 11.4. The summed E-state index contributed by atoms with van der Waals surface area (Å²) in [7, 11) is 0. The van der Waals surface area contributed by atoms with Crippen LogP contribution in [0.15, 0.2) is 103 Å². The molecular formula is C44H50N4O. The van der Waals surface area contributed by atoms with Crippen LogP contribution in [0.5, 0.6) is 5.75 Å². The largest absolute Gasteiger partial charge is 0.507 e. The van der Waals surface area contributed by atoms with Gasteiger partial charge in [0.15, 0.2) is 0 Å². The van der Waals surface area contributed by atoms with Gasteiger partial charge in [-0.2, -0.15) is 0 Å². The normalized spacial score (nSPS) is 11.8. The monoisotopic (exact) mass is 650 g/mol. The van der Waals surface area contributed by atoms with E-state index in [9.17, 15) is 5.11 Å². The molecule has 0 aliphatic carbocycles. The molecule has 0 aliphatic heterocycles. The smallest absolute Gasteiger partial charge is 0.148 e. The van der Waals surface area contributed by atoms with E-state index < -0.39 is 0 Å². The topological polar surface area (TPSA) is 55.9 Å². The SMILES string of the molecule is CC(C)c1cccc(C(C)C)c1-n1cc(CCc2cn(-c3c(C(C)C)cccc3C(C)C)c(-c3ccccc3O)n2)nc1-c1ccccc1. The minimum Gasteiger partial charge on any atom is -0.507 e. The molecule has 0 saturated heterocycles. The maximum atomic E-state index is 11.0. The molecule has 0 aliphatic rings. The Balaban J connectivity index is 1.47. The minimum atomic E-state index is 0.227. The standard InChI is InChI=1S/C44H50N4O/c1-28(2)35-19-14-20-36(29(3)4)41(35)47-26-33(45-43(47)32-16-10-9-11-17-32)24-25-34-27-48(44(46-34)39-18-12-13-23-40(39)49)42-37(30(5)6)21-15-22-38(42)31(7)8/h9-23,26-31,49H,24-25H2,1-8H3. The van der Waals surface area contributed by atoms with Crippen molar-refractivity contribution in [1.82, 2.24) is 19.1 Å². The maximum Gasteiger partial charge on any atom is 0.148 e. The highest BCUT2D eigenvalue weighted by molar-refractivity contribution is 5.68. The van der Waals surface area contributed by atoms with E-state index in [1.54, 1.807) is 6.07 Å². The fourth-order valence-corrected chi connectivity index (χ4v) is 6.92. The Morgan fingerprint density at radius 1 is 0.490 bits per heavy atom. The fraction of sp³-hybridized carbons (Fsp3) is 0.318. The van der Waals surface area contributed by atoms with Crippen molar-refractivity contribution >= 4 is 0 Å². The molecule has 0 bridgehead atoms. The van der Waals surface area contributed by atoms with Crippen LogP contribution in [0, 0.1) is 0 Å². The lowest BCUT2D eigenvalue weighted by Crippen LogP contribution is -2.07. The van der Waals surface area contributed by atoms with E-state index in [1.165, 1.54) is 27.9 Å². The van der Waals surface area contributed by atoms with Crippen molar-refractivity contribution in [2.75, 3.05) is 0 Å². The summed E-state index contributed by atoms with van der Waals surface area (Å²) in [5, 5.41) is 11.0. The summed E-state index contributed by atoms with van der Waals surface area (Å²) in [6.45, 7) is 18.0. The molecule has 0 radical (unpaired) electrons. The third kappa shape index (κ3) is 6.85. The maximum absolute atomic E-state index is 11.0. The van der Waals surface area contributed by atoms with Gasteiger partial charge < -0.3 is 5.11 Å². The van der Waals surface area contributed by atoms with E-state index in [-0.39, 0.29) is 5.75 Å². The number of imidazole rings is 2. The van der Waals surface area contributed by atoms with E-state index >= 15 is 0 Å². The van der Waals surface area contributed by atoms with E-state index in [0.29, 0.717) is 30.1 Å². The summed E-state index contributed by atoms with van der Waals surface area (Å²) in [6.07, 6.45) is 5.85. The van der Waals surface area contributed by atoms with Crippen molar-refractivity contribution in [1.29, 1.82) is 0 Å². The van der Waals surface area contributed by atoms with Crippen LogP contribution in [-0.2, 0) is 12.8 Å². The highest BCUT2D eigenvalue weighted by Crippen LogP contribution is 2.38. The van der Waals surface area contributed by atoms with Crippen molar-refractivity contribution in [2.24, 2.45) is 0 Å². The summed E-state index contributed by atoms with van der Waals surface area (Å²) in [4.78, 5) is 10.5. The summed E-state index contributed by atoms with van der Waals surface area (Å²) >= 11 is 0.